The molecule has 0 amide bonds. The fraction of sp³-hybridized carbons (Fsp3) is 0.400. The molecule has 24 heavy (non-hydrogen) atoms. The van der Waals surface area contributed by atoms with E-state index in [0.29, 0.717) is 37.9 Å². The smallest absolute Gasteiger partial charge is 0.433 e. The lowest BCUT2D eigenvalue weighted by Crippen LogP contribution is -2.47. The molecule has 0 radical (unpaired) electrons. The fourth-order valence-corrected chi connectivity index (χ4v) is 2.54. The largest absolute Gasteiger partial charge is 0.481 e. The second-order valence-corrected chi connectivity index (χ2v) is 5.27. The Balaban J connectivity index is 1.69. The van der Waals surface area contributed by atoms with Crippen molar-refractivity contribution in [3.63, 3.8) is 0 Å². The average Bonchev–Trinajstić information content (AvgIpc) is 2.61. The maximum absolute atomic E-state index is 12.8. The number of hydrogen-bond donors (Lipinski definition) is 0. The van der Waals surface area contributed by atoms with Gasteiger partial charge in [0.05, 0.1) is 7.11 Å². The summed E-state index contributed by atoms with van der Waals surface area (Å²) >= 11 is 0. The molecule has 1 saturated heterocycles. The Morgan fingerprint density at radius 3 is 2.29 bits per heavy atom. The maximum atomic E-state index is 12.8. The number of aromatic nitrogens is 3. The van der Waals surface area contributed by atoms with Gasteiger partial charge >= 0.3 is 6.18 Å². The predicted molar refractivity (Wildman–Crippen MR) is 82.2 cm³/mol. The van der Waals surface area contributed by atoms with Crippen molar-refractivity contribution in [2.45, 2.75) is 6.18 Å². The number of ether oxygens (including phenoxy) is 1. The van der Waals surface area contributed by atoms with Crippen LogP contribution in [0.15, 0.2) is 30.6 Å². The van der Waals surface area contributed by atoms with Gasteiger partial charge in [-0.15, -0.1) is 0 Å². The van der Waals surface area contributed by atoms with Crippen LogP contribution in [-0.2, 0) is 6.18 Å². The maximum Gasteiger partial charge on any atom is 0.433 e. The van der Waals surface area contributed by atoms with Gasteiger partial charge in [0.1, 0.15) is 23.7 Å². The molecule has 3 heterocycles. The third kappa shape index (κ3) is 3.50. The molecule has 0 aromatic carbocycles. The SMILES string of the molecule is COc1cc(N2CCN(c3cccc(C(F)(F)F)n3)CC2)ncn1. The number of halogens is 3. The molecule has 1 aliphatic rings. The Bertz CT molecular complexity index is 702. The minimum Gasteiger partial charge on any atom is -0.481 e. The Morgan fingerprint density at radius 1 is 1.00 bits per heavy atom. The highest BCUT2D eigenvalue weighted by atomic mass is 19.4. The molecule has 0 spiro atoms. The molecule has 0 bridgehead atoms. The number of anilines is 2. The lowest BCUT2D eigenvalue weighted by molar-refractivity contribution is -0.141. The van der Waals surface area contributed by atoms with Gasteiger partial charge in [0.15, 0.2) is 0 Å². The Labute approximate surface area is 136 Å². The van der Waals surface area contributed by atoms with Crippen molar-refractivity contribution in [1.82, 2.24) is 15.0 Å². The Kier molecular flexibility index (Phi) is 4.41. The average molecular weight is 339 g/mol. The highest BCUT2D eigenvalue weighted by Crippen LogP contribution is 2.29. The monoisotopic (exact) mass is 339 g/mol. The first-order chi connectivity index (χ1) is 11.5. The molecule has 1 aliphatic heterocycles. The zero-order valence-corrected chi connectivity index (χ0v) is 13.0. The summed E-state index contributed by atoms with van der Waals surface area (Å²) in [5.74, 6) is 1.55. The van der Waals surface area contributed by atoms with Crippen LogP contribution in [0.5, 0.6) is 5.88 Å². The van der Waals surface area contributed by atoms with E-state index in [-0.39, 0.29) is 0 Å². The van der Waals surface area contributed by atoms with Crippen molar-refractivity contribution >= 4 is 11.6 Å². The first-order valence-electron chi connectivity index (χ1n) is 7.37. The van der Waals surface area contributed by atoms with E-state index in [1.165, 1.54) is 19.5 Å². The second kappa shape index (κ2) is 6.50. The minimum absolute atomic E-state index is 0.338. The number of alkyl halides is 3. The predicted octanol–water partition coefficient (Wildman–Crippen LogP) is 2.23. The normalized spacial score (nSPS) is 15.5. The summed E-state index contributed by atoms with van der Waals surface area (Å²) in [6, 6.07) is 5.69. The van der Waals surface area contributed by atoms with E-state index < -0.39 is 11.9 Å². The molecule has 0 N–H and O–H groups in total. The number of methoxy groups -OCH3 is 1. The van der Waals surface area contributed by atoms with Crippen LogP contribution in [0.1, 0.15) is 5.69 Å². The minimum atomic E-state index is -4.44. The van der Waals surface area contributed by atoms with Gasteiger partial charge < -0.3 is 14.5 Å². The van der Waals surface area contributed by atoms with Gasteiger partial charge in [-0.25, -0.2) is 15.0 Å². The summed E-state index contributed by atoms with van der Waals surface area (Å²) in [4.78, 5) is 15.8. The number of rotatable bonds is 3. The number of hydrogen-bond acceptors (Lipinski definition) is 6. The molecule has 2 aromatic heterocycles. The van der Waals surface area contributed by atoms with E-state index in [4.69, 9.17) is 4.74 Å². The highest BCUT2D eigenvalue weighted by molar-refractivity contribution is 5.46. The topological polar surface area (TPSA) is 54.4 Å². The molecule has 3 rings (SSSR count). The van der Waals surface area contributed by atoms with Gasteiger partial charge in [-0.1, -0.05) is 6.07 Å². The van der Waals surface area contributed by atoms with Gasteiger partial charge in [-0.05, 0) is 12.1 Å². The van der Waals surface area contributed by atoms with Gasteiger partial charge in [0.25, 0.3) is 0 Å². The summed E-state index contributed by atoms with van der Waals surface area (Å²) in [6.45, 7) is 2.36. The molecule has 2 aromatic rings. The molecule has 1 fully saturated rings. The van der Waals surface area contributed by atoms with Crippen LogP contribution in [0, 0.1) is 0 Å². The van der Waals surface area contributed by atoms with Crippen molar-refractivity contribution in [2.24, 2.45) is 0 Å². The van der Waals surface area contributed by atoms with Crippen molar-refractivity contribution < 1.29 is 17.9 Å². The van der Waals surface area contributed by atoms with Crippen LogP contribution in [0.4, 0.5) is 24.8 Å². The zero-order chi connectivity index (χ0) is 17.2. The standard InChI is InChI=1S/C15H16F3N5O/c1-24-14-9-13(19-10-20-14)23-7-5-22(6-8-23)12-4-2-3-11(21-12)15(16,17)18/h2-4,9-10H,5-8H2,1H3. The molecule has 0 unspecified atom stereocenters. The van der Waals surface area contributed by atoms with E-state index in [1.807, 2.05) is 9.80 Å². The Morgan fingerprint density at radius 2 is 1.67 bits per heavy atom. The summed E-state index contributed by atoms with van der Waals surface area (Å²) in [5, 5.41) is 0. The fourth-order valence-electron chi connectivity index (χ4n) is 2.54. The molecular weight excluding hydrogens is 323 g/mol. The van der Waals surface area contributed by atoms with E-state index in [2.05, 4.69) is 15.0 Å². The molecular formula is C15H16F3N5O. The van der Waals surface area contributed by atoms with Crippen LogP contribution in [0.2, 0.25) is 0 Å². The van der Waals surface area contributed by atoms with Crippen molar-refractivity contribution in [3.05, 3.63) is 36.3 Å². The van der Waals surface area contributed by atoms with E-state index >= 15 is 0 Å². The van der Waals surface area contributed by atoms with E-state index in [1.54, 1.807) is 12.1 Å². The molecule has 6 nitrogen and oxygen atoms in total. The number of nitrogens with zero attached hydrogens (tertiary/aromatic N) is 5. The third-order valence-corrected chi connectivity index (χ3v) is 3.79. The number of pyridine rings is 1. The number of piperazine rings is 1. The van der Waals surface area contributed by atoms with Gasteiger partial charge in [0, 0.05) is 32.2 Å². The molecule has 9 heteroatoms. The quantitative estimate of drug-likeness (QED) is 0.855. The van der Waals surface area contributed by atoms with Crippen LogP contribution < -0.4 is 14.5 Å². The second-order valence-electron chi connectivity index (χ2n) is 5.27. The van der Waals surface area contributed by atoms with Crippen molar-refractivity contribution in [3.8, 4) is 5.88 Å². The lowest BCUT2D eigenvalue weighted by Gasteiger charge is -2.36. The molecule has 0 atom stereocenters. The van der Waals surface area contributed by atoms with Crippen LogP contribution in [0.25, 0.3) is 0 Å². The van der Waals surface area contributed by atoms with Crippen LogP contribution >= 0.6 is 0 Å². The molecule has 0 saturated carbocycles. The van der Waals surface area contributed by atoms with Crippen LogP contribution in [-0.4, -0.2) is 48.2 Å². The Hall–Kier alpha value is -2.58. The zero-order valence-electron chi connectivity index (χ0n) is 13.0. The summed E-state index contributed by atoms with van der Waals surface area (Å²) in [7, 11) is 1.53. The van der Waals surface area contributed by atoms with E-state index in [9.17, 15) is 13.2 Å². The van der Waals surface area contributed by atoms with Gasteiger partial charge in [-0.2, -0.15) is 13.2 Å². The summed E-state index contributed by atoms with van der Waals surface area (Å²) in [6.07, 6.45) is -3.01. The highest BCUT2D eigenvalue weighted by Gasteiger charge is 2.33. The van der Waals surface area contributed by atoms with Crippen molar-refractivity contribution in [2.75, 3.05) is 43.1 Å². The lowest BCUT2D eigenvalue weighted by atomic mass is 10.2. The van der Waals surface area contributed by atoms with Crippen molar-refractivity contribution in [1.29, 1.82) is 0 Å². The first kappa shape index (κ1) is 16.3. The summed E-state index contributed by atoms with van der Waals surface area (Å²) in [5.41, 5.74) is -0.872. The van der Waals surface area contributed by atoms with Crippen LogP contribution in [0.3, 0.4) is 0 Å². The molecule has 0 aliphatic carbocycles. The van der Waals surface area contributed by atoms with Gasteiger partial charge in [-0.3, -0.25) is 0 Å². The van der Waals surface area contributed by atoms with Gasteiger partial charge in [0.2, 0.25) is 5.88 Å². The first-order valence-corrected chi connectivity index (χ1v) is 7.37. The third-order valence-electron chi connectivity index (χ3n) is 3.79. The molecule has 128 valence electrons. The summed E-state index contributed by atoms with van der Waals surface area (Å²) < 4.78 is 43.4. The van der Waals surface area contributed by atoms with E-state index in [0.717, 1.165) is 11.9 Å².